The smallest absolute Gasteiger partial charge is 0.320 e. The normalized spacial score (nSPS) is 11.8. The minimum Gasteiger partial charge on any atom is -0.462 e. The number of rotatable bonds is 6. The molecule has 1 heterocycles. The van der Waals surface area contributed by atoms with Crippen LogP contribution in [0.4, 0.5) is 0 Å². The third kappa shape index (κ3) is 4.88. The van der Waals surface area contributed by atoms with Gasteiger partial charge in [0.1, 0.15) is 0 Å². The van der Waals surface area contributed by atoms with Crippen LogP contribution in [-0.2, 0) is 14.9 Å². The SMILES string of the molecule is CC(C)OC(=O)CNCC(C)(C)c1cccs1. The first kappa shape index (κ1) is 14.2. The number of hydrogen-bond donors (Lipinski definition) is 1. The van der Waals surface area contributed by atoms with Gasteiger partial charge in [0.05, 0.1) is 12.6 Å². The molecule has 3 nitrogen and oxygen atoms in total. The molecule has 0 fully saturated rings. The van der Waals surface area contributed by atoms with E-state index in [9.17, 15) is 4.79 Å². The largest absolute Gasteiger partial charge is 0.462 e. The van der Waals surface area contributed by atoms with Gasteiger partial charge in [0, 0.05) is 16.8 Å². The van der Waals surface area contributed by atoms with Crippen molar-refractivity contribution < 1.29 is 9.53 Å². The summed E-state index contributed by atoms with van der Waals surface area (Å²) in [6.07, 6.45) is -0.0467. The van der Waals surface area contributed by atoms with E-state index in [1.165, 1.54) is 4.88 Å². The van der Waals surface area contributed by atoms with E-state index in [1.807, 2.05) is 13.8 Å². The van der Waals surface area contributed by atoms with E-state index in [4.69, 9.17) is 4.74 Å². The number of hydrogen-bond acceptors (Lipinski definition) is 4. The lowest BCUT2D eigenvalue weighted by atomic mass is 9.91. The van der Waals surface area contributed by atoms with Gasteiger partial charge in [-0.25, -0.2) is 0 Å². The minimum absolute atomic E-state index is 0.0467. The van der Waals surface area contributed by atoms with E-state index in [2.05, 4.69) is 36.7 Å². The molecule has 0 bridgehead atoms. The van der Waals surface area contributed by atoms with Crippen molar-refractivity contribution >= 4 is 17.3 Å². The lowest BCUT2D eigenvalue weighted by Crippen LogP contribution is -2.36. The second-order valence-corrected chi connectivity index (χ2v) is 5.95. The van der Waals surface area contributed by atoms with Crippen molar-refractivity contribution in [2.24, 2.45) is 0 Å². The zero-order valence-electron chi connectivity index (χ0n) is 10.9. The lowest BCUT2D eigenvalue weighted by Gasteiger charge is -2.23. The third-order valence-electron chi connectivity index (χ3n) is 2.39. The first-order valence-corrected chi connectivity index (χ1v) is 6.74. The molecule has 0 spiro atoms. The average Bonchev–Trinajstić information content (AvgIpc) is 2.68. The molecule has 0 unspecified atom stereocenters. The first-order valence-electron chi connectivity index (χ1n) is 5.86. The maximum Gasteiger partial charge on any atom is 0.320 e. The van der Waals surface area contributed by atoms with E-state index in [0.29, 0.717) is 0 Å². The maximum atomic E-state index is 11.3. The van der Waals surface area contributed by atoms with Crippen LogP contribution >= 0.6 is 11.3 Å². The van der Waals surface area contributed by atoms with Gasteiger partial charge in [0.2, 0.25) is 0 Å². The number of nitrogens with one attached hydrogen (secondary N) is 1. The van der Waals surface area contributed by atoms with Crippen LogP contribution in [0.1, 0.15) is 32.6 Å². The molecular weight excluding hydrogens is 234 g/mol. The van der Waals surface area contributed by atoms with E-state index in [1.54, 1.807) is 11.3 Å². The van der Waals surface area contributed by atoms with Crippen molar-refractivity contribution in [2.75, 3.05) is 13.1 Å². The van der Waals surface area contributed by atoms with Crippen molar-refractivity contribution in [1.82, 2.24) is 5.32 Å². The molecule has 1 rings (SSSR count). The van der Waals surface area contributed by atoms with E-state index < -0.39 is 0 Å². The van der Waals surface area contributed by atoms with Gasteiger partial charge < -0.3 is 10.1 Å². The Kier molecular flexibility index (Phi) is 5.15. The molecule has 0 amide bonds. The predicted octanol–water partition coefficient (Wildman–Crippen LogP) is 2.57. The lowest BCUT2D eigenvalue weighted by molar-refractivity contribution is -0.146. The zero-order chi connectivity index (χ0) is 12.9. The van der Waals surface area contributed by atoms with Crippen LogP contribution in [0.25, 0.3) is 0 Å². The molecule has 17 heavy (non-hydrogen) atoms. The number of thiophene rings is 1. The van der Waals surface area contributed by atoms with Gasteiger partial charge in [-0.2, -0.15) is 0 Å². The molecule has 0 atom stereocenters. The molecule has 96 valence electrons. The fourth-order valence-corrected chi connectivity index (χ4v) is 2.38. The number of esters is 1. The van der Waals surface area contributed by atoms with Crippen molar-refractivity contribution in [2.45, 2.75) is 39.2 Å². The highest BCUT2D eigenvalue weighted by atomic mass is 32.1. The minimum atomic E-state index is -0.193. The van der Waals surface area contributed by atoms with Crippen LogP contribution in [0, 0.1) is 0 Å². The summed E-state index contributed by atoms with van der Waals surface area (Å²) in [4.78, 5) is 12.7. The standard InChI is InChI=1S/C13H21NO2S/c1-10(2)16-12(15)8-14-9-13(3,4)11-6-5-7-17-11/h5-7,10,14H,8-9H2,1-4H3. The Morgan fingerprint density at radius 1 is 1.53 bits per heavy atom. The van der Waals surface area contributed by atoms with Crippen LogP contribution in [-0.4, -0.2) is 25.2 Å². The van der Waals surface area contributed by atoms with Crippen LogP contribution < -0.4 is 5.32 Å². The maximum absolute atomic E-state index is 11.3. The molecule has 1 N–H and O–H groups in total. The summed E-state index contributed by atoms with van der Waals surface area (Å²) in [7, 11) is 0. The number of carbonyl (C=O) groups excluding carboxylic acids is 1. The summed E-state index contributed by atoms with van der Waals surface area (Å²) in [5, 5.41) is 5.22. The van der Waals surface area contributed by atoms with Crippen molar-refractivity contribution in [3.63, 3.8) is 0 Å². The Morgan fingerprint density at radius 2 is 2.24 bits per heavy atom. The Labute approximate surface area is 107 Å². The fraction of sp³-hybridized carbons (Fsp3) is 0.615. The molecule has 0 aliphatic carbocycles. The number of ether oxygens (including phenoxy) is 1. The third-order valence-corrected chi connectivity index (χ3v) is 3.63. The molecule has 0 saturated heterocycles. The molecule has 0 aliphatic rings. The summed E-state index contributed by atoms with van der Waals surface area (Å²) in [5.41, 5.74) is 0.0479. The molecule has 1 aromatic rings. The number of carbonyl (C=O) groups is 1. The van der Waals surface area contributed by atoms with Crippen molar-refractivity contribution in [3.8, 4) is 0 Å². The molecule has 0 radical (unpaired) electrons. The van der Waals surface area contributed by atoms with Crippen molar-refractivity contribution in [1.29, 1.82) is 0 Å². The van der Waals surface area contributed by atoms with Crippen LogP contribution in [0.5, 0.6) is 0 Å². The highest BCUT2D eigenvalue weighted by Crippen LogP contribution is 2.26. The predicted molar refractivity (Wildman–Crippen MR) is 71.4 cm³/mol. The Balaban J connectivity index is 2.33. The fourth-order valence-electron chi connectivity index (χ4n) is 1.53. The van der Waals surface area contributed by atoms with Crippen LogP contribution in [0.15, 0.2) is 17.5 Å². The summed E-state index contributed by atoms with van der Waals surface area (Å²) >= 11 is 1.74. The molecular formula is C13H21NO2S. The first-order chi connectivity index (χ1) is 7.92. The molecule has 0 aromatic carbocycles. The second kappa shape index (κ2) is 6.17. The quantitative estimate of drug-likeness (QED) is 0.794. The Bertz CT molecular complexity index is 344. The van der Waals surface area contributed by atoms with Gasteiger partial charge in [-0.05, 0) is 25.3 Å². The molecule has 4 heteroatoms. The summed E-state index contributed by atoms with van der Waals surface area (Å²) in [5.74, 6) is -0.193. The summed E-state index contributed by atoms with van der Waals surface area (Å²) in [6, 6.07) is 4.17. The van der Waals surface area contributed by atoms with E-state index in [0.717, 1.165) is 6.54 Å². The second-order valence-electron chi connectivity index (χ2n) is 5.00. The zero-order valence-corrected chi connectivity index (χ0v) is 11.8. The average molecular weight is 255 g/mol. The molecule has 1 aromatic heterocycles. The van der Waals surface area contributed by atoms with Gasteiger partial charge in [-0.3, -0.25) is 4.79 Å². The monoisotopic (exact) mass is 255 g/mol. The Morgan fingerprint density at radius 3 is 2.76 bits per heavy atom. The van der Waals surface area contributed by atoms with Gasteiger partial charge in [0.15, 0.2) is 0 Å². The topological polar surface area (TPSA) is 38.3 Å². The summed E-state index contributed by atoms with van der Waals surface area (Å²) in [6.45, 7) is 9.08. The molecule has 0 aliphatic heterocycles. The Hall–Kier alpha value is -0.870. The van der Waals surface area contributed by atoms with Gasteiger partial charge in [0.25, 0.3) is 0 Å². The van der Waals surface area contributed by atoms with Gasteiger partial charge >= 0.3 is 5.97 Å². The van der Waals surface area contributed by atoms with E-state index >= 15 is 0 Å². The molecule has 0 saturated carbocycles. The van der Waals surface area contributed by atoms with E-state index in [-0.39, 0.29) is 24.0 Å². The van der Waals surface area contributed by atoms with Crippen LogP contribution in [0.2, 0.25) is 0 Å². The highest BCUT2D eigenvalue weighted by molar-refractivity contribution is 7.10. The summed E-state index contributed by atoms with van der Waals surface area (Å²) < 4.78 is 5.06. The highest BCUT2D eigenvalue weighted by Gasteiger charge is 2.21. The van der Waals surface area contributed by atoms with Crippen LogP contribution in [0.3, 0.4) is 0 Å². The van der Waals surface area contributed by atoms with Crippen molar-refractivity contribution in [3.05, 3.63) is 22.4 Å². The van der Waals surface area contributed by atoms with Gasteiger partial charge in [-0.1, -0.05) is 19.9 Å². The van der Waals surface area contributed by atoms with Gasteiger partial charge in [-0.15, -0.1) is 11.3 Å².